The highest BCUT2D eigenvalue weighted by molar-refractivity contribution is 8.00. The van der Waals surface area contributed by atoms with Gasteiger partial charge in [-0.15, -0.1) is 11.8 Å². The highest BCUT2D eigenvalue weighted by Gasteiger charge is 2.12. The van der Waals surface area contributed by atoms with Gasteiger partial charge >= 0.3 is 0 Å². The molecule has 0 unspecified atom stereocenters. The second-order valence-electron chi connectivity index (χ2n) is 4.70. The number of thioether (sulfide) groups is 1. The first-order chi connectivity index (χ1) is 10.5. The lowest BCUT2D eigenvalue weighted by molar-refractivity contribution is -0.119. The first kappa shape index (κ1) is 16.4. The summed E-state index contributed by atoms with van der Waals surface area (Å²) in [6.07, 6.45) is 0. The van der Waals surface area contributed by atoms with E-state index in [1.54, 1.807) is 19.1 Å². The lowest BCUT2D eigenvalue weighted by Crippen LogP contribution is -2.28. The molecule has 2 nitrogen and oxygen atoms in total. The molecule has 0 aliphatic heterocycles. The van der Waals surface area contributed by atoms with E-state index in [0.29, 0.717) is 0 Å². The average molecular weight is 325 g/mol. The Morgan fingerprint density at radius 2 is 1.73 bits per heavy atom. The number of halogens is 3. The molecule has 116 valence electrons. The van der Waals surface area contributed by atoms with Gasteiger partial charge in [-0.25, -0.2) is 13.2 Å². The van der Waals surface area contributed by atoms with E-state index in [2.05, 4.69) is 5.32 Å². The highest BCUT2D eigenvalue weighted by atomic mass is 32.2. The Balaban J connectivity index is 1.90. The summed E-state index contributed by atoms with van der Waals surface area (Å²) < 4.78 is 39.3. The van der Waals surface area contributed by atoms with E-state index >= 15 is 0 Å². The number of rotatable bonds is 5. The summed E-state index contributed by atoms with van der Waals surface area (Å²) in [7, 11) is 0. The lowest BCUT2D eigenvalue weighted by atomic mass is 10.1. The van der Waals surface area contributed by atoms with Gasteiger partial charge in [0.2, 0.25) is 5.91 Å². The smallest absolute Gasteiger partial charge is 0.230 e. The third-order valence-electron chi connectivity index (χ3n) is 3.00. The summed E-state index contributed by atoms with van der Waals surface area (Å²) in [4.78, 5) is 11.9. The van der Waals surface area contributed by atoms with Crippen LogP contribution in [0, 0.1) is 17.5 Å². The summed E-state index contributed by atoms with van der Waals surface area (Å²) in [6.45, 7) is 1.76. The van der Waals surface area contributed by atoms with E-state index in [0.717, 1.165) is 35.5 Å². The van der Waals surface area contributed by atoms with Gasteiger partial charge < -0.3 is 5.32 Å². The predicted molar refractivity (Wildman–Crippen MR) is 80.0 cm³/mol. The van der Waals surface area contributed by atoms with E-state index in [4.69, 9.17) is 0 Å². The monoisotopic (exact) mass is 325 g/mol. The Labute approximate surface area is 130 Å². The molecule has 0 fully saturated rings. The number of nitrogens with one attached hydrogen (secondary N) is 1. The fraction of sp³-hybridized carbons (Fsp3) is 0.188. The van der Waals surface area contributed by atoms with Crippen molar-refractivity contribution in [1.82, 2.24) is 5.32 Å². The average Bonchev–Trinajstić information content (AvgIpc) is 2.49. The van der Waals surface area contributed by atoms with Crippen LogP contribution >= 0.6 is 11.8 Å². The highest BCUT2D eigenvalue weighted by Crippen LogP contribution is 2.22. The second-order valence-corrected chi connectivity index (χ2v) is 5.72. The predicted octanol–water partition coefficient (Wildman–Crippen LogP) is 4.07. The van der Waals surface area contributed by atoms with Gasteiger partial charge in [-0.1, -0.05) is 12.1 Å². The molecular formula is C16H14F3NOS. The Hall–Kier alpha value is -1.95. The standard InChI is InChI=1S/C16H14F3NOS/c1-10(11-2-4-12(17)5-3-11)20-16(21)9-22-15-8-13(18)6-7-14(15)19/h2-8,10H,9H2,1H3,(H,20,21)/t10-/m1/s1. The quantitative estimate of drug-likeness (QED) is 0.840. The van der Waals surface area contributed by atoms with Crippen LogP contribution in [0.2, 0.25) is 0 Å². The number of hydrogen-bond donors (Lipinski definition) is 1. The molecule has 0 saturated heterocycles. The minimum atomic E-state index is -0.564. The van der Waals surface area contributed by atoms with Crippen LogP contribution in [0.15, 0.2) is 47.4 Å². The van der Waals surface area contributed by atoms with Crippen molar-refractivity contribution in [1.29, 1.82) is 0 Å². The molecular weight excluding hydrogens is 311 g/mol. The molecule has 1 atom stereocenters. The maximum atomic E-state index is 13.4. The molecule has 0 spiro atoms. The summed E-state index contributed by atoms with van der Waals surface area (Å²) in [5, 5.41) is 2.72. The van der Waals surface area contributed by atoms with Crippen molar-refractivity contribution in [3.8, 4) is 0 Å². The zero-order chi connectivity index (χ0) is 16.1. The van der Waals surface area contributed by atoms with Gasteiger partial charge in [-0.2, -0.15) is 0 Å². The van der Waals surface area contributed by atoms with Crippen LogP contribution in [0.25, 0.3) is 0 Å². The third kappa shape index (κ3) is 4.53. The molecule has 2 rings (SSSR count). The minimum absolute atomic E-state index is 0.0358. The van der Waals surface area contributed by atoms with Crippen LogP contribution in [-0.2, 0) is 4.79 Å². The number of amides is 1. The van der Waals surface area contributed by atoms with Crippen molar-refractivity contribution >= 4 is 17.7 Å². The van der Waals surface area contributed by atoms with Crippen molar-refractivity contribution in [2.75, 3.05) is 5.75 Å². The van der Waals surface area contributed by atoms with Gasteiger partial charge in [-0.3, -0.25) is 4.79 Å². The van der Waals surface area contributed by atoms with Gasteiger partial charge in [0.25, 0.3) is 0 Å². The number of carbonyl (C=O) groups is 1. The summed E-state index contributed by atoms with van der Waals surface area (Å²) in [5.74, 6) is -1.81. The van der Waals surface area contributed by atoms with Crippen molar-refractivity contribution < 1.29 is 18.0 Å². The minimum Gasteiger partial charge on any atom is -0.349 e. The maximum absolute atomic E-state index is 13.4. The Morgan fingerprint density at radius 1 is 1.09 bits per heavy atom. The molecule has 0 aliphatic rings. The molecule has 22 heavy (non-hydrogen) atoms. The largest absolute Gasteiger partial charge is 0.349 e. The van der Waals surface area contributed by atoms with E-state index in [9.17, 15) is 18.0 Å². The van der Waals surface area contributed by atoms with Crippen LogP contribution < -0.4 is 5.32 Å². The third-order valence-corrected chi connectivity index (χ3v) is 4.03. The lowest BCUT2D eigenvalue weighted by Gasteiger charge is -2.14. The SMILES string of the molecule is C[C@@H](NC(=O)CSc1cc(F)ccc1F)c1ccc(F)cc1. The summed E-state index contributed by atoms with van der Waals surface area (Å²) >= 11 is 0.922. The van der Waals surface area contributed by atoms with Crippen LogP contribution in [0.4, 0.5) is 13.2 Å². The Bertz CT molecular complexity index is 661. The van der Waals surface area contributed by atoms with E-state index < -0.39 is 11.6 Å². The van der Waals surface area contributed by atoms with Gasteiger partial charge in [-0.05, 0) is 42.8 Å². The molecule has 6 heteroatoms. The number of benzene rings is 2. The van der Waals surface area contributed by atoms with Crippen molar-refractivity contribution in [3.05, 3.63) is 65.5 Å². The second kappa shape index (κ2) is 7.35. The maximum Gasteiger partial charge on any atom is 0.230 e. The van der Waals surface area contributed by atoms with Crippen LogP contribution in [0.3, 0.4) is 0 Å². The number of hydrogen-bond acceptors (Lipinski definition) is 2. The fourth-order valence-corrected chi connectivity index (χ4v) is 2.62. The molecule has 0 saturated carbocycles. The zero-order valence-electron chi connectivity index (χ0n) is 11.8. The van der Waals surface area contributed by atoms with E-state index in [1.165, 1.54) is 12.1 Å². The molecule has 2 aromatic rings. The van der Waals surface area contributed by atoms with Crippen LogP contribution in [0.1, 0.15) is 18.5 Å². The van der Waals surface area contributed by atoms with Gasteiger partial charge in [0, 0.05) is 4.90 Å². The van der Waals surface area contributed by atoms with Gasteiger partial charge in [0.15, 0.2) is 0 Å². The van der Waals surface area contributed by atoms with E-state index in [-0.39, 0.29) is 28.4 Å². The normalized spacial score (nSPS) is 12.0. The molecule has 1 N–H and O–H groups in total. The van der Waals surface area contributed by atoms with Crippen LogP contribution in [0.5, 0.6) is 0 Å². The van der Waals surface area contributed by atoms with Crippen molar-refractivity contribution in [2.45, 2.75) is 17.9 Å². The summed E-state index contributed by atoms with van der Waals surface area (Å²) in [5.41, 5.74) is 0.761. The number of carbonyl (C=O) groups excluding carboxylic acids is 1. The molecule has 1 amide bonds. The zero-order valence-corrected chi connectivity index (χ0v) is 12.6. The topological polar surface area (TPSA) is 29.1 Å². The molecule has 0 aromatic heterocycles. The van der Waals surface area contributed by atoms with Crippen LogP contribution in [-0.4, -0.2) is 11.7 Å². The van der Waals surface area contributed by atoms with Gasteiger partial charge in [0.05, 0.1) is 11.8 Å². The molecule has 2 aromatic carbocycles. The molecule has 0 radical (unpaired) electrons. The van der Waals surface area contributed by atoms with Gasteiger partial charge in [0.1, 0.15) is 17.5 Å². The first-order valence-electron chi connectivity index (χ1n) is 6.58. The van der Waals surface area contributed by atoms with Crippen molar-refractivity contribution in [3.63, 3.8) is 0 Å². The Kier molecular flexibility index (Phi) is 5.49. The molecule has 0 bridgehead atoms. The van der Waals surface area contributed by atoms with Crippen molar-refractivity contribution in [2.24, 2.45) is 0 Å². The van der Waals surface area contributed by atoms with E-state index in [1.807, 2.05) is 0 Å². The fourth-order valence-electron chi connectivity index (χ4n) is 1.85. The summed E-state index contributed by atoms with van der Waals surface area (Å²) in [6, 6.07) is 8.60. The molecule has 0 heterocycles. The first-order valence-corrected chi connectivity index (χ1v) is 7.57. The Morgan fingerprint density at radius 3 is 2.41 bits per heavy atom. The molecule has 0 aliphatic carbocycles.